The molecule has 0 spiro atoms. The average molecular weight is 375 g/mol. The average Bonchev–Trinajstić information content (AvgIpc) is 3.09. The van der Waals surface area contributed by atoms with Crippen LogP contribution in [0.3, 0.4) is 0 Å². The van der Waals surface area contributed by atoms with Crippen LogP contribution in [-0.2, 0) is 17.1 Å². The fourth-order valence-electron chi connectivity index (χ4n) is 2.63. The Morgan fingerprint density at radius 3 is 2.90 bits per heavy atom. The molecular weight excluding hydrogens is 360 g/mol. The van der Waals surface area contributed by atoms with E-state index in [1.54, 1.807) is 13.2 Å². The maximum atomic E-state index is 12.8. The lowest BCUT2D eigenvalue weighted by molar-refractivity contribution is 0.310. The van der Waals surface area contributed by atoms with Gasteiger partial charge in [0.15, 0.2) is 4.60 Å². The Balaban J connectivity index is 1.89. The van der Waals surface area contributed by atoms with Crippen molar-refractivity contribution in [3.05, 3.63) is 22.6 Å². The van der Waals surface area contributed by atoms with Gasteiger partial charge >= 0.3 is 0 Å². The molecule has 1 N–H and O–H groups in total. The Morgan fingerprint density at radius 2 is 2.29 bits per heavy atom. The van der Waals surface area contributed by atoms with Crippen molar-refractivity contribution in [2.24, 2.45) is 7.05 Å². The fourth-order valence-corrected chi connectivity index (χ4v) is 5.18. The lowest BCUT2D eigenvalue weighted by atomic mass is 9.96. The second kappa shape index (κ2) is 5.50. The minimum absolute atomic E-state index is 0.0905. The molecule has 114 valence electrons. The quantitative estimate of drug-likeness (QED) is 0.859. The number of nitrogens with one attached hydrogen (secondary N) is 1. The van der Waals surface area contributed by atoms with Crippen LogP contribution in [0.4, 0.5) is 0 Å². The molecule has 1 aliphatic rings. The molecule has 1 unspecified atom stereocenters. The topological polar surface area (TPSA) is 96.8 Å². The number of hydrogen-bond donors (Lipinski definition) is 1. The van der Waals surface area contributed by atoms with Gasteiger partial charge in [0.05, 0.1) is 0 Å². The van der Waals surface area contributed by atoms with Crippen molar-refractivity contribution in [2.45, 2.75) is 23.8 Å². The van der Waals surface area contributed by atoms with Crippen LogP contribution in [-0.4, -0.2) is 51.0 Å². The summed E-state index contributed by atoms with van der Waals surface area (Å²) in [6, 6.07) is 1.89. The van der Waals surface area contributed by atoms with Crippen molar-refractivity contribution < 1.29 is 8.42 Å². The number of piperidine rings is 1. The Labute approximate surface area is 130 Å². The maximum absolute atomic E-state index is 12.8. The lowest BCUT2D eigenvalue weighted by Gasteiger charge is -2.31. The van der Waals surface area contributed by atoms with Gasteiger partial charge in [-0.05, 0) is 34.8 Å². The molecule has 10 heteroatoms. The second-order valence-electron chi connectivity index (χ2n) is 5.02. The second-order valence-corrected chi connectivity index (χ2v) is 7.63. The van der Waals surface area contributed by atoms with Gasteiger partial charge in [-0.2, -0.15) is 9.40 Å². The van der Waals surface area contributed by atoms with Crippen LogP contribution < -0.4 is 0 Å². The van der Waals surface area contributed by atoms with Gasteiger partial charge in [-0.3, -0.25) is 5.10 Å². The number of aromatic nitrogens is 5. The maximum Gasteiger partial charge on any atom is 0.263 e. The predicted octanol–water partition coefficient (Wildman–Crippen LogP) is 0.869. The van der Waals surface area contributed by atoms with E-state index in [4.69, 9.17) is 0 Å². The van der Waals surface area contributed by atoms with Crippen LogP contribution in [0.2, 0.25) is 0 Å². The number of rotatable bonds is 3. The molecule has 0 radical (unpaired) electrons. The van der Waals surface area contributed by atoms with E-state index in [1.807, 2.05) is 6.07 Å². The van der Waals surface area contributed by atoms with Crippen LogP contribution >= 0.6 is 15.9 Å². The summed E-state index contributed by atoms with van der Waals surface area (Å²) in [5, 5.41) is 14.5. The molecule has 2 aromatic rings. The molecule has 0 saturated carbocycles. The molecule has 1 saturated heterocycles. The number of aromatic amines is 1. The van der Waals surface area contributed by atoms with E-state index in [9.17, 15) is 8.42 Å². The van der Waals surface area contributed by atoms with E-state index < -0.39 is 10.0 Å². The standard InChI is InChI=1S/C11H15BrN6O2S/c1-17-11(10(12)15-16-17)21(19,20)18-6-2-3-8(7-18)9-4-5-13-14-9/h4-5,8H,2-3,6-7H2,1H3,(H,13,14). The molecule has 1 aliphatic heterocycles. The largest absolute Gasteiger partial charge is 0.282 e. The molecule has 0 aromatic carbocycles. The van der Waals surface area contributed by atoms with Crippen molar-refractivity contribution >= 4 is 26.0 Å². The zero-order valence-corrected chi connectivity index (χ0v) is 13.8. The minimum Gasteiger partial charge on any atom is -0.282 e. The highest BCUT2D eigenvalue weighted by Crippen LogP contribution is 2.30. The van der Waals surface area contributed by atoms with Crippen molar-refractivity contribution in [3.63, 3.8) is 0 Å². The summed E-state index contributed by atoms with van der Waals surface area (Å²) in [6.45, 7) is 0.937. The van der Waals surface area contributed by atoms with Gasteiger partial charge in [0.1, 0.15) is 0 Å². The zero-order chi connectivity index (χ0) is 15.0. The van der Waals surface area contributed by atoms with E-state index >= 15 is 0 Å². The molecule has 0 bridgehead atoms. The molecule has 1 fully saturated rings. The highest BCUT2D eigenvalue weighted by Gasteiger charge is 2.35. The van der Waals surface area contributed by atoms with E-state index in [1.165, 1.54) is 8.99 Å². The van der Waals surface area contributed by atoms with E-state index in [2.05, 4.69) is 36.4 Å². The first-order valence-corrected chi connectivity index (χ1v) is 8.78. The van der Waals surface area contributed by atoms with Crippen molar-refractivity contribution in [2.75, 3.05) is 13.1 Å². The van der Waals surface area contributed by atoms with Crippen LogP contribution in [0.5, 0.6) is 0 Å². The molecule has 3 heterocycles. The third-order valence-electron chi connectivity index (χ3n) is 3.67. The summed E-state index contributed by atoms with van der Waals surface area (Å²) in [6.07, 6.45) is 3.44. The summed E-state index contributed by atoms with van der Waals surface area (Å²) in [5.74, 6) is 0.135. The van der Waals surface area contributed by atoms with Gasteiger partial charge in [0.2, 0.25) is 5.03 Å². The molecule has 2 aromatic heterocycles. The van der Waals surface area contributed by atoms with Gasteiger partial charge in [-0.25, -0.2) is 13.1 Å². The summed E-state index contributed by atoms with van der Waals surface area (Å²) >= 11 is 3.16. The Morgan fingerprint density at radius 1 is 1.48 bits per heavy atom. The minimum atomic E-state index is -3.61. The van der Waals surface area contributed by atoms with Crippen molar-refractivity contribution in [1.29, 1.82) is 0 Å². The van der Waals surface area contributed by atoms with Gasteiger partial charge in [0, 0.05) is 37.9 Å². The normalized spacial score (nSPS) is 20.8. The van der Waals surface area contributed by atoms with Crippen molar-refractivity contribution in [1.82, 2.24) is 29.5 Å². The molecule has 8 nitrogen and oxygen atoms in total. The van der Waals surface area contributed by atoms with E-state index in [-0.39, 0.29) is 15.5 Å². The molecule has 0 aliphatic carbocycles. The number of hydrogen-bond acceptors (Lipinski definition) is 5. The van der Waals surface area contributed by atoms with Crippen LogP contribution in [0.15, 0.2) is 21.9 Å². The number of aryl methyl sites for hydroxylation is 1. The van der Waals surface area contributed by atoms with Gasteiger partial charge in [-0.1, -0.05) is 5.21 Å². The highest BCUT2D eigenvalue weighted by molar-refractivity contribution is 9.10. The first-order chi connectivity index (χ1) is 10.00. The third kappa shape index (κ3) is 2.62. The summed E-state index contributed by atoms with van der Waals surface area (Å²) in [7, 11) is -2.04. The number of H-pyrrole nitrogens is 1. The summed E-state index contributed by atoms with van der Waals surface area (Å²) in [4.78, 5) is 0. The zero-order valence-electron chi connectivity index (χ0n) is 11.4. The lowest BCUT2D eigenvalue weighted by Crippen LogP contribution is -2.40. The molecular formula is C11H15BrN6O2S. The van der Waals surface area contributed by atoms with Gasteiger partial charge in [-0.15, -0.1) is 5.10 Å². The molecule has 0 amide bonds. The Hall–Kier alpha value is -1.26. The molecule has 1 atom stereocenters. The first-order valence-electron chi connectivity index (χ1n) is 6.54. The number of halogens is 1. The summed E-state index contributed by atoms with van der Waals surface area (Å²) < 4.78 is 28.6. The van der Waals surface area contributed by atoms with Gasteiger partial charge in [0.25, 0.3) is 10.0 Å². The van der Waals surface area contributed by atoms with Crippen LogP contribution in [0.25, 0.3) is 0 Å². The monoisotopic (exact) mass is 374 g/mol. The predicted molar refractivity (Wildman–Crippen MR) is 78.0 cm³/mol. The first kappa shape index (κ1) is 14.7. The van der Waals surface area contributed by atoms with Crippen molar-refractivity contribution in [3.8, 4) is 0 Å². The SMILES string of the molecule is Cn1nnc(Br)c1S(=O)(=O)N1CCCC(c2ccn[nH]2)C1. The molecule has 21 heavy (non-hydrogen) atoms. The Bertz CT molecular complexity index is 706. The fraction of sp³-hybridized carbons (Fsp3) is 0.545. The van der Waals surface area contributed by atoms with Crippen LogP contribution in [0.1, 0.15) is 24.5 Å². The number of sulfonamides is 1. The van der Waals surface area contributed by atoms with E-state index in [0.717, 1.165) is 18.5 Å². The highest BCUT2D eigenvalue weighted by atomic mass is 79.9. The Kier molecular flexibility index (Phi) is 3.84. The number of nitrogens with zero attached hydrogens (tertiary/aromatic N) is 5. The third-order valence-corrected chi connectivity index (χ3v) is 6.42. The molecule has 3 rings (SSSR count). The van der Waals surface area contributed by atoms with Crippen LogP contribution in [0, 0.1) is 0 Å². The van der Waals surface area contributed by atoms with Gasteiger partial charge < -0.3 is 0 Å². The summed E-state index contributed by atoms with van der Waals surface area (Å²) in [5.41, 5.74) is 0.970. The smallest absolute Gasteiger partial charge is 0.263 e. The van der Waals surface area contributed by atoms with E-state index in [0.29, 0.717) is 13.1 Å².